The Labute approximate surface area is 212 Å². The quantitative estimate of drug-likeness (QED) is 0.439. The maximum Gasteiger partial charge on any atom is 0.387 e. The van der Waals surface area contributed by atoms with Crippen LogP contribution in [0.1, 0.15) is 69.0 Å². The summed E-state index contributed by atoms with van der Waals surface area (Å²) in [5.41, 5.74) is 2.20. The van der Waals surface area contributed by atoms with Crippen LogP contribution in [0.3, 0.4) is 0 Å². The van der Waals surface area contributed by atoms with E-state index in [1.807, 2.05) is 24.7 Å². The van der Waals surface area contributed by atoms with Crippen molar-refractivity contribution < 1.29 is 22.6 Å². The Morgan fingerprint density at radius 2 is 1.92 bits per heavy atom. The Hall–Kier alpha value is -3.34. The first kappa shape index (κ1) is 24.0. The van der Waals surface area contributed by atoms with Gasteiger partial charge in [-0.2, -0.15) is 13.9 Å². The summed E-state index contributed by atoms with van der Waals surface area (Å²) in [6.07, 6.45) is 7.54. The van der Waals surface area contributed by atoms with Crippen LogP contribution in [0, 0.1) is 5.82 Å². The Bertz CT molecular complexity index is 1300. The fourth-order valence-electron chi connectivity index (χ4n) is 4.98. The van der Waals surface area contributed by atoms with Crippen LogP contribution in [0.15, 0.2) is 30.6 Å². The van der Waals surface area contributed by atoms with Gasteiger partial charge in [0.05, 0.1) is 18.3 Å². The lowest BCUT2D eigenvalue weighted by molar-refractivity contribution is -0.0499. The summed E-state index contributed by atoms with van der Waals surface area (Å²) in [5.74, 6) is 0.248. The summed E-state index contributed by atoms with van der Waals surface area (Å²) in [6, 6.07) is 4.33. The van der Waals surface area contributed by atoms with Crippen LogP contribution >= 0.6 is 0 Å². The van der Waals surface area contributed by atoms with Crippen LogP contribution < -0.4 is 15.4 Å². The standard InChI is InChI=1S/C26H29F3N6O2/c1-13-14(2)32-25-23(31-13)22(19-6-5-18(10-20(19)27)37-26(28)29)33-24(34-25)15-7-8-36-21(9-15)16-11-30-35(12-16)17-3-4-17/h5-6,10-15,17,21,26,31H,3-4,7-9H2,1-2H3,(H,32,33,34)/t13?,14?,15?,21-/m1/s1. The maximum absolute atomic E-state index is 15.2. The fraction of sp³-hybridized carbons (Fsp3) is 0.500. The number of alkyl halides is 2. The molecule has 2 aliphatic heterocycles. The van der Waals surface area contributed by atoms with Gasteiger partial charge in [0.1, 0.15) is 28.8 Å². The summed E-state index contributed by atoms with van der Waals surface area (Å²) in [4.78, 5) is 9.70. The minimum atomic E-state index is -3.03. The van der Waals surface area contributed by atoms with E-state index in [0.29, 0.717) is 42.1 Å². The number of hydrogen-bond donors (Lipinski definition) is 2. The summed E-state index contributed by atoms with van der Waals surface area (Å²) in [7, 11) is 0. The normalized spacial score (nSPS) is 25.4. The van der Waals surface area contributed by atoms with Crippen LogP contribution in [-0.2, 0) is 4.74 Å². The van der Waals surface area contributed by atoms with Gasteiger partial charge in [0, 0.05) is 48.0 Å². The van der Waals surface area contributed by atoms with E-state index in [4.69, 9.17) is 14.7 Å². The molecule has 4 heterocycles. The first-order valence-electron chi connectivity index (χ1n) is 12.7. The van der Waals surface area contributed by atoms with Crippen molar-refractivity contribution in [1.29, 1.82) is 0 Å². The van der Waals surface area contributed by atoms with E-state index in [1.54, 1.807) is 0 Å². The largest absolute Gasteiger partial charge is 0.435 e. The SMILES string of the molecule is CC1Nc2nc(C3CCO[C@@H](c4cnn(C5CC5)c4)C3)nc(-c3ccc(OC(F)F)cc3F)c2NC1C. The molecule has 0 radical (unpaired) electrons. The van der Waals surface area contributed by atoms with Gasteiger partial charge in [-0.25, -0.2) is 14.4 Å². The molecule has 0 amide bonds. The minimum absolute atomic E-state index is 0.00645. The molecule has 0 bridgehead atoms. The molecule has 3 aromatic rings. The van der Waals surface area contributed by atoms with Crippen molar-refractivity contribution in [2.24, 2.45) is 0 Å². The molecule has 4 atom stereocenters. The molecule has 2 N–H and O–H groups in total. The average Bonchev–Trinajstić information content (AvgIpc) is 3.60. The first-order chi connectivity index (χ1) is 17.9. The predicted molar refractivity (Wildman–Crippen MR) is 131 cm³/mol. The minimum Gasteiger partial charge on any atom is -0.435 e. The molecule has 2 fully saturated rings. The second-order valence-electron chi connectivity index (χ2n) is 10.1. The molecule has 3 aliphatic rings. The fourth-order valence-corrected chi connectivity index (χ4v) is 4.98. The Kier molecular flexibility index (Phi) is 6.18. The Balaban J connectivity index is 1.35. The third kappa shape index (κ3) is 4.84. The van der Waals surface area contributed by atoms with E-state index in [-0.39, 0.29) is 35.4 Å². The van der Waals surface area contributed by atoms with Gasteiger partial charge in [-0.3, -0.25) is 4.68 Å². The van der Waals surface area contributed by atoms with Gasteiger partial charge in [0.25, 0.3) is 0 Å². The number of halogens is 3. The summed E-state index contributed by atoms with van der Waals surface area (Å²) < 4.78 is 52.9. The number of hydrogen-bond acceptors (Lipinski definition) is 7. The number of aromatic nitrogens is 4. The molecule has 1 aromatic carbocycles. The van der Waals surface area contributed by atoms with Gasteiger partial charge in [-0.05, 0) is 51.7 Å². The lowest BCUT2D eigenvalue weighted by Crippen LogP contribution is -2.40. The molecule has 0 spiro atoms. The monoisotopic (exact) mass is 514 g/mol. The first-order valence-corrected chi connectivity index (χ1v) is 12.7. The van der Waals surface area contributed by atoms with Crippen molar-refractivity contribution >= 4 is 11.5 Å². The lowest BCUT2D eigenvalue weighted by atomic mass is 9.92. The summed E-state index contributed by atoms with van der Waals surface area (Å²) in [5, 5.41) is 11.3. The van der Waals surface area contributed by atoms with Crippen LogP contribution in [0.25, 0.3) is 11.3 Å². The van der Waals surface area contributed by atoms with Crippen LogP contribution in [0.2, 0.25) is 0 Å². The highest BCUT2D eigenvalue weighted by atomic mass is 19.3. The second-order valence-corrected chi connectivity index (χ2v) is 10.1. The number of nitrogens with zero attached hydrogens (tertiary/aromatic N) is 4. The van der Waals surface area contributed by atoms with Gasteiger partial charge < -0.3 is 20.1 Å². The molecule has 1 aliphatic carbocycles. The zero-order valence-electron chi connectivity index (χ0n) is 20.6. The number of nitrogens with one attached hydrogen (secondary N) is 2. The van der Waals surface area contributed by atoms with E-state index < -0.39 is 12.4 Å². The molecule has 8 nitrogen and oxygen atoms in total. The van der Waals surface area contributed by atoms with Gasteiger partial charge >= 0.3 is 6.61 Å². The molecule has 3 unspecified atom stereocenters. The van der Waals surface area contributed by atoms with Gasteiger partial charge in [0.2, 0.25) is 0 Å². The number of anilines is 2. The van der Waals surface area contributed by atoms with Crippen molar-refractivity contribution in [2.45, 2.75) is 76.3 Å². The molecule has 196 valence electrons. The van der Waals surface area contributed by atoms with E-state index in [9.17, 15) is 8.78 Å². The van der Waals surface area contributed by atoms with E-state index in [1.165, 1.54) is 12.1 Å². The van der Waals surface area contributed by atoms with Crippen molar-refractivity contribution in [1.82, 2.24) is 19.7 Å². The van der Waals surface area contributed by atoms with Crippen molar-refractivity contribution in [2.75, 3.05) is 17.2 Å². The second kappa shape index (κ2) is 9.51. The van der Waals surface area contributed by atoms with Gasteiger partial charge in [0.15, 0.2) is 5.82 Å². The molecule has 37 heavy (non-hydrogen) atoms. The Morgan fingerprint density at radius 3 is 2.68 bits per heavy atom. The molecule has 11 heteroatoms. The van der Waals surface area contributed by atoms with Crippen LogP contribution in [0.4, 0.5) is 24.7 Å². The number of fused-ring (bicyclic) bond motifs is 1. The average molecular weight is 515 g/mol. The smallest absolute Gasteiger partial charge is 0.387 e. The molecular formula is C26H29F3N6O2. The van der Waals surface area contributed by atoms with Crippen molar-refractivity contribution in [3.05, 3.63) is 47.8 Å². The highest BCUT2D eigenvalue weighted by Gasteiger charge is 2.33. The number of rotatable bonds is 6. The third-order valence-electron chi connectivity index (χ3n) is 7.40. The van der Waals surface area contributed by atoms with Gasteiger partial charge in [-0.15, -0.1) is 0 Å². The maximum atomic E-state index is 15.2. The molecule has 2 aromatic heterocycles. The molecule has 1 saturated heterocycles. The Morgan fingerprint density at radius 1 is 1.11 bits per heavy atom. The predicted octanol–water partition coefficient (Wildman–Crippen LogP) is 5.67. The van der Waals surface area contributed by atoms with Crippen LogP contribution in [0.5, 0.6) is 5.75 Å². The van der Waals surface area contributed by atoms with Crippen molar-refractivity contribution in [3.8, 4) is 17.0 Å². The lowest BCUT2D eigenvalue weighted by Gasteiger charge is -2.34. The van der Waals surface area contributed by atoms with Crippen molar-refractivity contribution in [3.63, 3.8) is 0 Å². The topological polar surface area (TPSA) is 86.1 Å². The zero-order valence-corrected chi connectivity index (χ0v) is 20.6. The van der Waals surface area contributed by atoms with E-state index >= 15 is 4.39 Å². The highest BCUT2D eigenvalue weighted by Crippen LogP contribution is 2.42. The molecule has 1 saturated carbocycles. The molecular weight excluding hydrogens is 485 g/mol. The number of benzene rings is 1. The van der Waals surface area contributed by atoms with Crippen LogP contribution in [-0.4, -0.2) is 45.1 Å². The van der Waals surface area contributed by atoms with E-state index in [0.717, 1.165) is 30.9 Å². The van der Waals surface area contributed by atoms with E-state index in [2.05, 4.69) is 26.7 Å². The van der Waals surface area contributed by atoms with Gasteiger partial charge in [-0.1, -0.05) is 0 Å². The summed E-state index contributed by atoms with van der Waals surface area (Å²) >= 11 is 0. The molecule has 6 rings (SSSR count). The summed E-state index contributed by atoms with van der Waals surface area (Å²) in [6.45, 7) is 1.57. The third-order valence-corrected chi connectivity index (χ3v) is 7.40. The zero-order chi connectivity index (χ0) is 25.7. The number of ether oxygens (including phenoxy) is 2. The highest BCUT2D eigenvalue weighted by molar-refractivity contribution is 5.84.